The Morgan fingerprint density at radius 3 is 2.85 bits per heavy atom. The molecule has 3 heterocycles. The maximum Gasteiger partial charge on any atom is 0.223 e. The van der Waals surface area contributed by atoms with Gasteiger partial charge in [-0.3, -0.25) is 4.79 Å². The van der Waals surface area contributed by atoms with Crippen molar-refractivity contribution in [2.45, 2.75) is 40.0 Å². The summed E-state index contributed by atoms with van der Waals surface area (Å²) in [6.07, 6.45) is 4.26. The van der Waals surface area contributed by atoms with Gasteiger partial charge >= 0.3 is 0 Å². The maximum absolute atomic E-state index is 12.3. The summed E-state index contributed by atoms with van der Waals surface area (Å²) in [6.45, 7) is 10.1. The minimum absolute atomic E-state index is 0.0981. The summed E-state index contributed by atoms with van der Waals surface area (Å²) in [5, 5.41) is 4.22. The molecule has 0 saturated carbocycles. The van der Waals surface area contributed by atoms with Gasteiger partial charge in [-0.2, -0.15) is 0 Å². The number of ether oxygens (including phenoxy) is 1. The fraction of sp³-hybridized carbons (Fsp3) is 0.632. The molecule has 2 aromatic rings. The number of fused-ring (bicyclic) bond motifs is 1. The Kier molecular flexibility index (Phi) is 6.43. The van der Waals surface area contributed by atoms with Crippen LogP contribution in [0.5, 0.6) is 0 Å². The second kappa shape index (κ2) is 8.77. The molecule has 1 saturated heterocycles. The van der Waals surface area contributed by atoms with Gasteiger partial charge in [0.25, 0.3) is 0 Å². The number of amides is 1. The molecule has 0 spiro atoms. The van der Waals surface area contributed by atoms with Gasteiger partial charge in [0.1, 0.15) is 17.0 Å². The molecule has 1 fully saturated rings. The number of aryl methyl sites for hydroxylation is 2. The number of rotatable bonds is 7. The van der Waals surface area contributed by atoms with Crippen LogP contribution in [0.4, 0.5) is 5.82 Å². The van der Waals surface area contributed by atoms with Crippen molar-refractivity contribution < 1.29 is 9.53 Å². The fourth-order valence-corrected chi connectivity index (χ4v) is 4.42. The van der Waals surface area contributed by atoms with Crippen LogP contribution in [-0.4, -0.2) is 48.7 Å². The van der Waals surface area contributed by atoms with Gasteiger partial charge in [0.2, 0.25) is 5.91 Å². The third kappa shape index (κ3) is 4.15. The van der Waals surface area contributed by atoms with Crippen LogP contribution in [0, 0.1) is 19.8 Å². The Hall–Kier alpha value is -1.73. The number of carbonyl (C=O) groups is 1. The summed E-state index contributed by atoms with van der Waals surface area (Å²) in [5.74, 6) is 1.30. The van der Waals surface area contributed by atoms with E-state index in [0.29, 0.717) is 13.2 Å². The minimum Gasteiger partial charge on any atom is -0.382 e. The third-order valence-electron chi connectivity index (χ3n) is 5.08. The van der Waals surface area contributed by atoms with E-state index in [0.717, 1.165) is 49.6 Å². The first-order valence-corrected chi connectivity index (χ1v) is 10.2. The van der Waals surface area contributed by atoms with Gasteiger partial charge < -0.3 is 15.0 Å². The van der Waals surface area contributed by atoms with Gasteiger partial charge in [0.05, 0.1) is 5.39 Å². The number of nitrogens with zero attached hydrogens (tertiary/aromatic N) is 3. The van der Waals surface area contributed by atoms with Gasteiger partial charge in [-0.25, -0.2) is 9.97 Å². The van der Waals surface area contributed by atoms with Crippen LogP contribution in [0.3, 0.4) is 0 Å². The van der Waals surface area contributed by atoms with Gasteiger partial charge in [-0.05, 0) is 45.6 Å². The van der Waals surface area contributed by atoms with Crippen LogP contribution in [-0.2, 0) is 9.53 Å². The number of anilines is 1. The predicted octanol–water partition coefficient (Wildman–Crippen LogP) is 3.07. The Morgan fingerprint density at radius 2 is 2.12 bits per heavy atom. The molecule has 1 aliphatic rings. The molecule has 26 heavy (non-hydrogen) atoms. The van der Waals surface area contributed by atoms with Crippen LogP contribution in [0.1, 0.15) is 36.6 Å². The maximum atomic E-state index is 12.3. The van der Waals surface area contributed by atoms with E-state index in [9.17, 15) is 4.79 Å². The molecule has 0 aromatic carbocycles. The first-order valence-electron chi connectivity index (χ1n) is 9.43. The van der Waals surface area contributed by atoms with Crippen molar-refractivity contribution in [1.29, 1.82) is 0 Å². The van der Waals surface area contributed by atoms with E-state index >= 15 is 0 Å². The summed E-state index contributed by atoms with van der Waals surface area (Å²) >= 11 is 1.72. The lowest BCUT2D eigenvalue weighted by Gasteiger charge is -2.32. The lowest BCUT2D eigenvalue weighted by atomic mass is 9.95. The third-order valence-corrected chi connectivity index (χ3v) is 6.19. The number of piperidine rings is 1. The molecule has 3 rings (SSSR count). The van der Waals surface area contributed by atoms with Gasteiger partial charge in [-0.15, -0.1) is 11.3 Å². The molecule has 0 bridgehead atoms. The average Bonchev–Trinajstić information content (AvgIpc) is 2.96. The lowest BCUT2D eigenvalue weighted by Crippen LogP contribution is -2.41. The smallest absolute Gasteiger partial charge is 0.223 e. The lowest BCUT2D eigenvalue weighted by molar-refractivity contribution is -0.125. The molecule has 1 amide bonds. The molecule has 0 unspecified atom stereocenters. The quantitative estimate of drug-likeness (QED) is 0.752. The van der Waals surface area contributed by atoms with Crippen molar-refractivity contribution in [3.8, 4) is 0 Å². The van der Waals surface area contributed by atoms with Gasteiger partial charge in [-0.1, -0.05) is 0 Å². The number of thiophene rings is 1. The highest BCUT2D eigenvalue weighted by atomic mass is 32.1. The first-order chi connectivity index (χ1) is 12.6. The Labute approximate surface area is 159 Å². The van der Waals surface area contributed by atoms with Crippen molar-refractivity contribution in [1.82, 2.24) is 15.3 Å². The minimum atomic E-state index is 0.0981. The van der Waals surface area contributed by atoms with Gasteiger partial charge in [0.15, 0.2) is 0 Å². The largest absolute Gasteiger partial charge is 0.382 e. The summed E-state index contributed by atoms with van der Waals surface area (Å²) in [5.41, 5.74) is 1.27. The van der Waals surface area contributed by atoms with E-state index in [1.165, 1.54) is 15.8 Å². The highest BCUT2D eigenvalue weighted by Gasteiger charge is 2.27. The van der Waals surface area contributed by atoms with Crippen molar-refractivity contribution in [2.75, 3.05) is 37.7 Å². The van der Waals surface area contributed by atoms with Crippen LogP contribution in [0.2, 0.25) is 0 Å². The molecule has 6 nitrogen and oxygen atoms in total. The van der Waals surface area contributed by atoms with Crippen LogP contribution in [0.25, 0.3) is 10.2 Å². The van der Waals surface area contributed by atoms with E-state index in [4.69, 9.17) is 4.74 Å². The number of hydrogen-bond acceptors (Lipinski definition) is 6. The van der Waals surface area contributed by atoms with Crippen LogP contribution in [0.15, 0.2) is 6.33 Å². The normalized spacial score (nSPS) is 15.6. The number of hydrogen-bond donors (Lipinski definition) is 1. The van der Waals surface area contributed by atoms with Gasteiger partial charge in [0, 0.05) is 43.6 Å². The molecular weight excluding hydrogens is 348 g/mol. The Balaban J connectivity index is 1.57. The van der Waals surface area contributed by atoms with E-state index in [2.05, 4.69) is 34.0 Å². The van der Waals surface area contributed by atoms with Crippen molar-refractivity contribution >= 4 is 33.3 Å². The van der Waals surface area contributed by atoms with E-state index in [1.807, 2.05) is 6.92 Å². The van der Waals surface area contributed by atoms with E-state index < -0.39 is 0 Å². The monoisotopic (exact) mass is 376 g/mol. The second-order valence-electron chi connectivity index (χ2n) is 6.76. The van der Waals surface area contributed by atoms with E-state index in [-0.39, 0.29) is 11.8 Å². The zero-order chi connectivity index (χ0) is 18.5. The summed E-state index contributed by atoms with van der Waals surface area (Å²) in [6, 6.07) is 0. The van der Waals surface area contributed by atoms with Crippen molar-refractivity contribution in [2.24, 2.45) is 5.92 Å². The molecule has 142 valence electrons. The number of aromatic nitrogens is 2. The summed E-state index contributed by atoms with van der Waals surface area (Å²) in [4.78, 5) is 26.0. The van der Waals surface area contributed by atoms with Crippen LogP contribution >= 0.6 is 11.3 Å². The molecule has 1 aliphatic heterocycles. The molecule has 7 heteroatoms. The number of carbonyl (C=O) groups excluding carboxylic acids is 1. The summed E-state index contributed by atoms with van der Waals surface area (Å²) < 4.78 is 5.30. The first kappa shape index (κ1) is 19.0. The molecule has 2 aromatic heterocycles. The molecule has 0 radical (unpaired) electrons. The molecule has 0 aliphatic carbocycles. The Morgan fingerprint density at radius 1 is 1.35 bits per heavy atom. The number of nitrogens with one attached hydrogen (secondary N) is 1. The Bertz CT molecular complexity index is 753. The zero-order valence-corrected chi connectivity index (χ0v) is 16.7. The average molecular weight is 377 g/mol. The second-order valence-corrected chi connectivity index (χ2v) is 7.97. The molecular formula is C19H28N4O2S. The SMILES string of the molecule is CCOCCCNC(=O)C1CCN(c2ncnc3sc(C)c(C)c23)CC1. The fourth-order valence-electron chi connectivity index (χ4n) is 3.43. The molecule has 0 atom stereocenters. The predicted molar refractivity (Wildman–Crippen MR) is 106 cm³/mol. The highest BCUT2D eigenvalue weighted by Crippen LogP contribution is 2.35. The molecule has 1 N–H and O–H groups in total. The van der Waals surface area contributed by atoms with Crippen LogP contribution < -0.4 is 10.2 Å². The topological polar surface area (TPSA) is 67.3 Å². The zero-order valence-electron chi connectivity index (χ0n) is 15.9. The highest BCUT2D eigenvalue weighted by molar-refractivity contribution is 7.18. The van der Waals surface area contributed by atoms with Crippen molar-refractivity contribution in [3.05, 3.63) is 16.8 Å². The summed E-state index contributed by atoms with van der Waals surface area (Å²) in [7, 11) is 0. The van der Waals surface area contributed by atoms with Crippen molar-refractivity contribution in [3.63, 3.8) is 0 Å². The van der Waals surface area contributed by atoms with E-state index in [1.54, 1.807) is 17.7 Å². The standard InChI is InChI=1S/C19H28N4O2S/c1-4-25-11-5-8-20-18(24)15-6-9-23(10-7-15)17-16-13(2)14(3)26-19(16)22-12-21-17/h12,15H,4-11H2,1-3H3,(H,20,24).